The lowest BCUT2D eigenvalue weighted by molar-refractivity contribution is -0.122. The van der Waals surface area contributed by atoms with Crippen LogP contribution in [-0.2, 0) is 16.0 Å². The minimum absolute atomic E-state index is 0.0146. The molecule has 4 heteroatoms. The van der Waals surface area contributed by atoms with Crippen LogP contribution >= 0.6 is 11.8 Å². The van der Waals surface area contributed by atoms with E-state index in [2.05, 4.69) is 63.3 Å². The fourth-order valence-corrected chi connectivity index (χ4v) is 3.56. The summed E-state index contributed by atoms with van der Waals surface area (Å²) in [6.45, 7) is 9.25. The molecular formula is C22H29NO2S. The van der Waals surface area contributed by atoms with Gasteiger partial charge in [-0.15, -0.1) is 0 Å². The summed E-state index contributed by atoms with van der Waals surface area (Å²) in [5.74, 6) is 2.56. The lowest BCUT2D eigenvalue weighted by Crippen LogP contribution is -2.31. The maximum atomic E-state index is 12.0. The van der Waals surface area contributed by atoms with Gasteiger partial charge in [0.05, 0.1) is 0 Å². The molecule has 26 heavy (non-hydrogen) atoms. The highest BCUT2D eigenvalue weighted by Crippen LogP contribution is 2.30. The lowest BCUT2D eigenvalue weighted by Gasteiger charge is -2.22. The van der Waals surface area contributed by atoms with E-state index in [1.165, 1.54) is 11.1 Å². The molecule has 0 aromatic heterocycles. The van der Waals surface area contributed by atoms with E-state index in [4.69, 9.17) is 4.74 Å². The molecule has 1 amide bonds. The summed E-state index contributed by atoms with van der Waals surface area (Å²) in [5, 5.41) is 2.93. The van der Waals surface area contributed by atoms with Crippen LogP contribution in [0.2, 0.25) is 0 Å². The van der Waals surface area contributed by atoms with Crippen molar-refractivity contribution in [2.75, 3.05) is 18.9 Å². The number of hydrogen-bond donors (Lipinski definition) is 1. The van der Waals surface area contributed by atoms with Crippen molar-refractivity contribution in [2.24, 2.45) is 0 Å². The predicted molar refractivity (Wildman–Crippen MR) is 111 cm³/mol. The summed E-state index contributed by atoms with van der Waals surface area (Å²) in [4.78, 5) is 12.0. The Bertz CT molecular complexity index is 722. The smallest absolute Gasteiger partial charge is 0.257 e. The Balaban J connectivity index is 1.69. The van der Waals surface area contributed by atoms with E-state index in [-0.39, 0.29) is 17.9 Å². The number of rotatable bonds is 8. The second-order valence-electron chi connectivity index (χ2n) is 7.36. The average molecular weight is 372 g/mol. The number of aryl methyl sites for hydroxylation is 1. The molecule has 0 fully saturated rings. The highest BCUT2D eigenvalue weighted by atomic mass is 32.2. The number of carbonyl (C=O) groups excluding carboxylic acids is 1. The van der Waals surface area contributed by atoms with Crippen molar-refractivity contribution in [1.82, 2.24) is 5.32 Å². The van der Waals surface area contributed by atoms with E-state index < -0.39 is 0 Å². The molecule has 2 aromatic carbocycles. The van der Waals surface area contributed by atoms with Gasteiger partial charge >= 0.3 is 0 Å². The monoisotopic (exact) mass is 371 g/mol. The van der Waals surface area contributed by atoms with Gasteiger partial charge in [-0.25, -0.2) is 0 Å². The quantitative estimate of drug-likeness (QED) is 0.682. The van der Waals surface area contributed by atoms with Crippen LogP contribution in [-0.4, -0.2) is 24.8 Å². The largest absolute Gasteiger partial charge is 0.483 e. The molecule has 0 atom stereocenters. The van der Waals surface area contributed by atoms with Gasteiger partial charge in [0, 0.05) is 18.1 Å². The van der Waals surface area contributed by atoms with Gasteiger partial charge < -0.3 is 10.1 Å². The standard InChI is InChI=1S/C22H29NO2S/c1-17-9-5-6-10-18(17)16-26-14-13-23-21(24)15-25-20-12-8-7-11-19(20)22(2,3)4/h5-12H,13-16H2,1-4H3,(H,23,24). The first-order valence-corrected chi connectivity index (χ1v) is 10.1. The molecule has 0 bridgehead atoms. The third-order valence-corrected chi connectivity index (χ3v) is 5.15. The van der Waals surface area contributed by atoms with Gasteiger partial charge in [0.1, 0.15) is 5.75 Å². The van der Waals surface area contributed by atoms with E-state index in [1.54, 1.807) is 0 Å². The maximum absolute atomic E-state index is 12.0. The van der Waals surface area contributed by atoms with Crippen LogP contribution in [0.1, 0.15) is 37.5 Å². The zero-order valence-corrected chi connectivity index (χ0v) is 17.0. The van der Waals surface area contributed by atoms with Crippen molar-refractivity contribution in [3.63, 3.8) is 0 Å². The van der Waals surface area contributed by atoms with Gasteiger partial charge in [0.2, 0.25) is 0 Å². The Kier molecular flexibility index (Phi) is 7.58. The summed E-state index contributed by atoms with van der Waals surface area (Å²) in [6.07, 6.45) is 0. The first-order valence-electron chi connectivity index (χ1n) is 8.99. The number of hydrogen-bond acceptors (Lipinski definition) is 3. The molecule has 0 heterocycles. The number of nitrogens with one attached hydrogen (secondary N) is 1. The summed E-state index contributed by atoms with van der Waals surface area (Å²) in [7, 11) is 0. The topological polar surface area (TPSA) is 38.3 Å². The van der Waals surface area contributed by atoms with E-state index in [0.717, 1.165) is 22.8 Å². The Morgan fingerprint density at radius 3 is 2.50 bits per heavy atom. The Labute approximate surface area is 161 Å². The number of para-hydroxylation sites is 1. The van der Waals surface area contributed by atoms with Gasteiger partial charge in [-0.1, -0.05) is 63.2 Å². The fourth-order valence-electron chi connectivity index (χ4n) is 2.62. The average Bonchev–Trinajstić information content (AvgIpc) is 2.60. The summed E-state index contributed by atoms with van der Waals surface area (Å²) >= 11 is 1.83. The number of carbonyl (C=O) groups is 1. The van der Waals surface area contributed by atoms with Crippen molar-refractivity contribution in [3.8, 4) is 5.75 Å². The summed E-state index contributed by atoms with van der Waals surface area (Å²) < 4.78 is 5.75. The molecule has 0 saturated carbocycles. The molecule has 0 spiro atoms. The number of benzene rings is 2. The minimum atomic E-state index is -0.0785. The van der Waals surface area contributed by atoms with Gasteiger partial charge in [0.15, 0.2) is 6.61 Å². The Hall–Kier alpha value is -1.94. The third-order valence-electron chi connectivity index (χ3n) is 4.14. The summed E-state index contributed by atoms with van der Waals surface area (Å²) in [5.41, 5.74) is 3.77. The predicted octanol–water partition coefficient (Wildman–Crippen LogP) is 4.72. The SMILES string of the molecule is Cc1ccccc1CSCCNC(=O)COc1ccccc1C(C)(C)C. The van der Waals surface area contributed by atoms with Crippen molar-refractivity contribution in [1.29, 1.82) is 0 Å². The van der Waals surface area contributed by atoms with Crippen LogP contribution in [0, 0.1) is 6.92 Å². The van der Waals surface area contributed by atoms with E-state index in [1.807, 2.05) is 30.0 Å². The molecule has 0 unspecified atom stereocenters. The number of ether oxygens (including phenoxy) is 1. The number of thioether (sulfide) groups is 1. The van der Waals surface area contributed by atoms with Crippen LogP contribution in [0.5, 0.6) is 5.75 Å². The fraction of sp³-hybridized carbons (Fsp3) is 0.409. The van der Waals surface area contributed by atoms with Crippen LogP contribution < -0.4 is 10.1 Å². The van der Waals surface area contributed by atoms with Crippen molar-refractivity contribution in [2.45, 2.75) is 38.9 Å². The first kappa shape index (κ1) is 20.4. The normalized spacial score (nSPS) is 11.2. The molecule has 0 saturated heterocycles. The maximum Gasteiger partial charge on any atom is 0.257 e. The third kappa shape index (κ3) is 6.41. The lowest BCUT2D eigenvalue weighted by atomic mass is 9.86. The zero-order valence-electron chi connectivity index (χ0n) is 16.2. The molecule has 2 rings (SSSR count). The van der Waals surface area contributed by atoms with Crippen LogP contribution in [0.4, 0.5) is 0 Å². The molecule has 2 aromatic rings. The van der Waals surface area contributed by atoms with E-state index in [0.29, 0.717) is 6.54 Å². The van der Waals surface area contributed by atoms with Gasteiger partial charge in [0.25, 0.3) is 5.91 Å². The highest BCUT2D eigenvalue weighted by Gasteiger charge is 2.18. The van der Waals surface area contributed by atoms with E-state index >= 15 is 0 Å². The van der Waals surface area contributed by atoms with Crippen LogP contribution in [0.15, 0.2) is 48.5 Å². The number of amides is 1. The zero-order chi connectivity index (χ0) is 19.0. The van der Waals surface area contributed by atoms with E-state index in [9.17, 15) is 4.79 Å². The minimum Gasteiger partial charge on any atom is -0.483 e. The van der Waals surface area contributed by atoms with Gasteiger partial charge in [-0.3, -0.25) is 4.79 Å². The van der Waals surface area contributed by atoms with Gasteiger partial charge in [-0.2, -0.15) is 11.8 Å². The molecule has 3 nitrogen and oxygen atoms in total. The molecule has 0 radical (unpaired) electrons. The molecule has 140 valence electrons. The Morgan fingerprint density at radius 1 is 1.08 bits per heavy atom. The molecule has 0 aliphatic rings. The second kappa shape index (κ2) is 9.67. The molecule has 0 aliphatic heterocycles. The molecule has 0 aliphatic carbocycles. The second-order valence-corrected chi connectivity index (χ2v) is 8.47. The van der Waals surface area contributed by atoms with Crippen LogP contribution in [0.25, 0.3) is 0 Å². The summed E-state index contributed by atoms with van der Waals surface area (Å²) in [6, 6.07) is 16.3. The first-order chi connectivity index (χ1) is 12.4. The van der Waals surface area contributed by atoms with Gasteiger partial charge in [-0.05, 0) is 35.1 Å². The molecule has 1 N–H and O–H groups in total. The highest BCUT2D eigenvalue weighted by molar-refractivity contribution is 7.98. The van der Waals surface area contributed by atoms with Crippen molar-refractivity contribution >= 4 is 17.7 Å². The van der Waals surface area contributed by atoms with Crippen molar-refractivity contribution < 1.29 is 9.53 Å². The Morgan fingerprint density at radius 2 is 1.77 bits per heavy atom. The van der Waals surface area contributed by atoms with Crippen molar-refractivity contribution in [3.05, 3.63) is 65.2 Å². The molecular weight excluding hydrogens is 342 g/mol. The van der Waals surface area contributed by atoms with Crippen LogP contribution in [0.3, 0.4) is 0 Å².